The number of carbonyl (C=O) groups excluding carboxylic acids is 2. The molecule has 1 amide bonds. The first kappa shape index (κ1) is 15.1. The van der Waals surface area contributed by atoms with Gasteiger partial charge in [-0.3, -0.25) is 4.79 Å². The van der Waals surface area contributed by atoms with Gasteiger partial charge in [-0.25, -0.2) is 4.79 Å². The van der Waals surface area contributed by atoms with E-state index >= 15 is 0 Å². The summed E-state index contributed by atoms with van der Waals surface area (Å²) in [4.78, 5) is 24.4. The van der Waals surface area contributed by atoms with Crippen LogP contribution in [0.5, 0.6) is 5.75 Å². The van der Waals surface area contributed by atoms with Gasteiger partial charge in [-0.1, -0.05) is 15.9 Å². The molecule has 5 nitrogen and oxygen atoms in total. The number of rotatable bonds is 2. The van der Waals surface area contributed by atoms with Crippen molar-refractivity contribution in [3.8, 4) is 5.75 Å². The molecule has 0 saturated carbocycles. The van der Waals surface area contributed by atoms with Crippen LogP contribution in [0.15, 0.2) is 33.9 Å². The van der Waals surface area contributed by atoms with Gasteiger partial charge in [0.25, 0.3) is 0 Å². The fourth-order valence-corrected chi connectivity index (χ4v) is 3.40. The first-order valence-corrected chi connectivity index (χ1v) is 7.74. The number of carbonyl (C=O) groups is 2. The van der Waals surface area contributed by atoms with Crippen LogP contribution in [0.25, 0.3) is 0 Å². The second-order valence-electron chi connectivity index (χ2n) is 5.88. The lowest BCUT2D eigenvalue weighted by Gasteiger charge is -2.27. The normalized spacial score (nSPS) is 23.0. The van der Waals surface area contributed by atoms with Gasteiger partial charge in [-0.15, -0.1) is 0 Å². The lowest BCUT2D eigenvalue weighted by atomic mass is 9.82. The van der Waals surface area contributed by atoms with Crippen LogP contribution in [0.2, 0.25) is 0 Å². The highest BCUT2D eigenvalue weighted by atomic mass is 79.9. The smallest absolute Gasteiger partial charge is 0.337 e. The Morgan fingerprint density at radius 3 is 2.77 bits per heavy atom. The van der Waals surface area contributed by atoms with Gasteiger partial charge in [0.05, 0.1) is 18.4 Å². The van der Waals surface area contributed by atoms with E-state index in [1.807, 2.05) is 18.2 Å². The number of hydrogen-bond acceptors (Lipinski definition) is 4. The molecule has 116 valence electrons. The molecule has 1 aromatic rings. The van der Waals surface area contributed by atoms with Gasteiger partial charge in [0.1, 0.15) is 11.4 Å². The Balaban J connectivity index is 2.18. The molecule has 2 heterocycles. The van der Waals surface area contributed by atoms with E-state index in [4.69, 9.17) is 9.47 Å². The van der Waals surface area contributed by atoms with Crippen LogP contribution in [0, 0.1) is 0 Å². The van der Waals surface area contributed by atoms with E-state index in [9.17, 15) is 9.59 Å². The van der Waals surface area contributed by atoms with Gasteiger partial charge in [-0.05, 0) is 32.0 Å². The van der Waals surface area contributed by atoms with Gasteiger partial charge >= 0.3 is 5.97 Å². The maximum absolute atomic E-state index is 12.3. The SMILES string of the molecule is COc1ccc(Br)cc1[C@H]1CC(=O)NC2=C1C(=O)OC2(C)C. The fraction of sp³-hybridized carbons (Fsp3) is 0.375. The maximum Gasteiger partial charge on any atom is 0.337 e. The summed E-state index contributed by atoms with van der Waals surface area (Å²) < 4.78 is 11.7. The molecule has 1 aromatic carbocycles. The number of benzene rings is 1. The number of ether oxygens (including phenoxy) is 2. The van der Waals surface area contributed by atoms with Crippen LogP contribution in [0.1, 0.15) is 31.7 Å². The van der Waals surface area contributed by atoms with Crippen molar-refractivity contribution >= 4 is 27.8 Å². The average Bonchev–Trinajstić information content (AvgIpc) is 2.67. The van der Waals surface area contributed by atoms with Crippen molar-refractivity contribution in [2.24, 2.45) is 0 Å². The molecule has 0 fully saturated rings. The number of cyclic esters (lactones) is 1. The Morgan fingerprint density at radius 2 is 2.09 bits per heavy atom. The monoisotopic (exact) mass is 365 g/mol. The first-order valence-electron chi connectivity index (χ1n) is 6.95. The highest BCUT2D eigenvalue weighted by Gasteiger charge is 2.48. The summed E-state index contributed by atoms with van der Waals surface area (Å²) in [6.07, 6.45) is 0.191. The summed E-state index contributed by atoms with van der Waals surface area (Å²) in [6.45, 7) is 3.54. The van der Waals surface area contributed by atoms with E-state index in [0.29, 0.717) is 17.0 Å². The van der Waals surface area contributed by atoms with Crippen LogP contribution in [0.4, 0.5) is 0 Å². The second-order valence-corrected chi connectivity index (χ2v) is 6.80. The standard InChI is InChI=1S/C16H16BrNO4/c1-16(2)14-13(15(20)22-16)10(7-12(19)18-14)9-6-8(17)4-5-11(9)21-3/h4-6,10H,7H2,1-3H3,(H,18,19)/t10-/m1/s1. The number of halogens is 1. The molecule has 0 unspecified atom stereocenters. The number of hydrogen-bond donors (Lipinski definition) is 1. The van der Waals surface area contributed by atoms with E-state index in [0.717, 1.165) is 10.0 Å². The Morgan fingerprint density at radius 1 is 1.36 bits per heavy atom. The highest BCUT2D eigenvalue weighted by molar-refractivity contribution is 9.10. The van der Waals surface area contributed by atoms with Crippen molar-refractivity contribution < 1.29 is 19.1 Å². The summed E-state index contributed by atoms with van der Waals surface area (Å²) in [5, 5.41) is 2.79. The summed E-state index contributed by atoms with van der Waals surface area (Å²) in [5.74, 6) is -0.234. The Labute approximate surface area is 136 Å². The molecule has 22 heavy (non-hydrogen) atoms. The quantitative estimate of drug-likeness (QED) is 0.818. The molecular formula is C16H16BrNO4. The summed E-state index contributed by atoms with van der Waals surface area (Å²) in [6, 6.07) is 5.56. The van der Waals surface area contributed by atoms with Crippen molar-refractivity contribution in [2.45, 2.75) is 31.8 Å². The van der Waals surface area contributed by atoms with Crippen molar-refractivity contribution in [1.29, 1.82) is 0 Å². The average molecular weight is 366 g/mol. The Hall–Kier alpha value is -1.82. The molecule has 1 atom stereocenters. The minimum atomic E-state index is -0.819. The molecule has 1 N–H and O–H groups in total. The third kappa shape index (κ3) is 2.31. The number of amides is 1. The third-order valence-corrected chi connectivity index (χ3v) is 4.50. The molecule has 0 saturated heterocycles. The third-order valence-electron chi connectivity index (χ3n) is 4.01. The molecule has 0 radical (unpaired) electrons. The highest BCUT2D eigenvalue weighted by Crippen LogP contribution is 2.45. The van der Waals surface area contributed by atoms with Gasteiger partial charge in [0.15, 0.2) is 0 Å². The lowest BCUT2D eigenvalue weighted by Crippen LogP contribution is -2.38. The van der Waals surface area contributed by atoms with Crippen molar-refractivity contribution in [2.75, 3.05) is 7.11 Å². The molecule has 0 aliphatic carbocycles. The maximum atomic E-state index is 12.3. The molecule has 2 aliphatic rings. The molecule has 2 aliphatic heterocycles. The largest absolute Gasteiger partial charge is 0.496 e. The topological polar surface area (TPSA) is 64.6 Å². The van der Waals surface area contributed by atoms with Gasteiger partial charge in [0, 0.05) is 22.4 Å². The zero-order chi connectivity index (χ0) is 16.1. The van der Waals surface area contributed by atoms with E-state index in [-0.39, 0.29) is 24.2 Å². The Bertz CT molecular complexity index is 708. The van der Waals surface area contributed by atoms with Crippen LogP contribution >= 0.6 is 15.9 Å². The summed E-state index contributed by atoms with van der Waals surface area (Å²) >= 11 is 3.43. The van der Waals surface area contributed by atoms with Crippen molar-refractivity contribution in [1.82, 2.24) is 5.32 Å². The molecule has 0 spiro atoms. The van der Waals surface area contributed by atoms with Gasteiger partial charge in [0.2, 0.25) is 5.91 Å². The van der Waals surface area contributed by atoms with Crippen LogP contribution in [-0.2, 0) is 14.3 Å². The molecule has 0 bridgehead atoms. The van der Waals surface area contributed by atoms with Crippen molar-refractivity contribution in [3.05, 3.63) is 39.5 Å². The van der Waals surface area contributed by atoms with Crippen LogP contribution < -0.4 is 10.1 Å². The number of esters is 1. The molecule has 3 rings (SSSR count). The van der Waals surface area contributed by atoms with E-state index in [1.54, 1.807) is 21.0 Å². The lowest BCUT2D eigenvalue weighted by molar-refractivity contribution is -0.144. The second kappa shape index (κ2) is 5.12. The fourth-order valence-electron chi connectivity index (χ4n) is 3.02. The van der Waals surface area contributed by atoms with Gasteiger partial charge in [-0.2, -0.15) is 0 Å². The first-order chi connectivity index (χ1) is 10.3. The number of methoxy groups -OCH3 is 1. The zero-order valence-corrected chi connectivity index (χ0v) is 14.1. The van der Waals surface area contributed by atoms with Crippen molar-refractivity contribution in [3.63, 3.8) is 0 Å². The van der Waals surface area contributed by atoms with E-state index < -0.39 is 5.60 Å². The minimum absolute atomic E-state index is 0.128. The predicted octanol–water partition coefficient (Wildman–Crippen LogP) is 2.65. The van der Waals surface area contributed by atoms with E-state index in [2.05, 4.69) is 21.2 Å². The van der Waals surface area contributed by atoms with E-state index in [1.165, 1.54) is 0 Å². The summed E-state index contributed by atoms with van der Waals surface area (Å²) in [7, 11) is 1.57. The molecule has 0 aromatic heterocycles. The number of nitrogens with one attached hydrogen (secondary N) is 1. The molecular weight excluding hydrogens is 350 g/mol. The zero-order valence-electron chi connectivity index (χ0n) is 12.5. The summed E-state index contributed by atoms with van der Waals surface area (Å²) in [5.41, 5.74) is 1.05. The van der Waals surface area contributed by atoms with Gasteiger partial charge < -0.3 is 14.8 Å². The van der Waals surface area contributed by atoms with Crippen LogP contribution in [-0.4, -0.2) is 24.6 Å². The predicted molar refractivity (Wildman–Crippen MR) is 83.4 cm³/mol. The van der Waals surface area contributed by atoms with Crippen LogP contribution in [0.3, 0.4) is 0 Å². The molecule has 6 heteroatoms. The Kier molecular flexibility index (Phi) is 3.51. The minimum Gasteiger partial charge on any atom is -0.496 e.